The number of ether oxygens (including phenoxy) is 2. The molecule has 0 amide bonds. The van der Waals surface area contributed by atoms with Gasteiger partial charge < -0.3 is 4.74 Å². The molecule has 2 heterocycles. The number of hydrogen-bond donors (Lipinski definition) is 0. The molecule has 2 rings (SSSR count). The Bertz CT molecular complexity index is 184. The molecule has 2 aliphatic heterocycles. The van der Waals surface area contributed by atoms with E-state index in [1.165, 1.54) is 18.4 Å². The maximum atomic E-state index is 5.18. The largest absolute Gasteiger partial charge is 0.341 e. The van der Waals surface area contributed by atoms with Crippen LogP contribution in [0.25, 0.3) is 0 Å². The Labute approximate surface area is 58.1 Å². The highest BCUT2D eigenvalue weighted by atomic mass is 17.0. The van der Waals surface area contributed by atoms with E-state index in [4.69, 9.17) is 14.3 Å². The zero-order chi connectivity index (χ0) is 7.19. The predicted octanol–water partition coefficient (Wildman–Crippen LogP) is -0.452. The second-order valence-electron chi connectivity index (χ2n) is 2.17. The first kappa shape index (κ1) is 6.23. The van der Waals surface area contributed by atoms with Gasteiger partial charge in [-0.1, -0.05) is 0 Å². The van der Waals surface area contributed by atoms with Crippen molar-refractivity contribution < 1.29 is 14.3 Å². The van der Waals surface area contributed by atoms with E-state index in [1.54, 1.807) is 7.05 Å². The zero-order valence-electron chi connectivity index (χ0n) is 5.77. The summed E-state index contributed by atoms with van der Waals surface area (Å²) in [5, 5.41) is 1.50. The van der Waals surface area contributed by atoms with Crippen molar-refractivity contribution in [1.82, 2.24) is 5.06 Å². The SMILES string of the molecule is COC12C=NC(O1)N(C)O2. The third-order valence-electron chi connectivity index (χ3n) is 1.50. The first-order chi connectivity index (χ1) is 4.76. The summed E-state index contributed by atoms with van der Waals surface area (Å²) in [7, 11) is 3.25. The van der Waals surface area contributed by atoms with E-state index in [1.807, 2.05) is 0 Å². The summed E-state index contributed by atoms with van der Waals surface area (Å²) in [5.74, 6) is -1.04. The first-order valence-corrected chi connectivity index (χ1v) is 2.95. The van der Waals surface area contributed by atoms with Gasteiger partial charge in [-0.2, -0.15) is 0 Å². The van der Waals surface area contributed by atoms with Crippen LogP contribution in [0.1, 0.15) is 0 Å². The Morgan fingerprint density at radius 3 is 2.90 bits per heavy atom. The molecule has 0 N–H and O–H groups in total. The highest BCUT2D eigenvalue weighted by Crippen LogP contribution is 2.31. The fourth-order valence-electron chi connectivity index (χ4n) is 0.960. The van der Waals surface area contributed by atoms with Gasteiger partial charge >= 0.3 is 5.97 Å². The average Bonchev–Trinajstić information content (AvgIpc) is 2.45. The molecule has 10 heavy (non-hydrogen) atoms. The van der Waals surface area contributed by atoms with Crippen LogP contribution in [0.3, 0.4) is 0 Å². The average molecular weight is 144 g/mol. The summed E-state index contributed by atoms with van der Waals surface area (Å²) >= 11 is 0. The molecule has 56 valence electrons. The number of hydrogen-bond acceptors (Lipinski definition) is 5. The molecule has 0 aliphatic carbocycles. The maximum absolute atomic E-state index is 5.18. The van der Waals surface area contributed by atoms with E-state index in [9.17, 15) is 0 Å². The van der Waals surface area contributed by atoms with Gasteiger partial charge in [-0.15, -0.1) is 5.06 Å². The van der Waals surface area contributed by atoms with Crippen LogP contribution in [-0.2, 0) is 14.3 Å². The molecule has 5 nitrogen and oxygen atoms in total. The third-order valence-corrected chi connectivity index (χ3v) is 1.50. The number of fused-ring (bicyclic) bond motifs is 2. The summed E-state index contributed by atoms with van der Waals surface area (Å²) in [6.45, 7) is 0. The second kappa shape index (κ2) is 1.76. The Kier molecular flexibility index (Phi) is 1.10. The quantitative estimate of drug-likeness (QED) is 0.500. The molecule has 2 unspecified atom stereocenters. The minimum atomic E-state index is -1.04. The summed E-state index contributed by atoms with van der Waals surface area (Å²) < 4.78 is 10.1. The molecule has 0 saturated carbocycles. The molecular weight excluding hydrogens is 136 g/mol. The summed E-state index contributed by atoms with van der Waals surface area (Å²) in [6, 6.07) is 0. The molecule has 0 spiro atoms. The van der Waals surface area contributed by atoms with Crippen molar-refractivity contribution in [3.63, 3.8) is 0 Å². The number of rotatable bonds is 1. The third kappa shape index (κ3) is 0.628. The Balaban J connectivity index is 2.23. The first-order valence-electron chi connectivity index (χ1n) is 2.95. The topological polar surface area (TPSA) is 43.3 Å². The highest BCUT2D eigenvalue weighted by molar-refractivity contribution is 5.67. The van der Waals surface area contributed by atoms with Crippen LogP contribution >= 0.6 is 0 Å². The predicted molar refractivity (Wildman–Crippen MR) is 32.0 cm³/mol. The van der Waals surface area contributed by atoms with E-state index in [-0.39, 0.29) is 6.35 Å². The van der Waals surface area contributed by atoms with Crippen molar-refractivity contribution in [3.8, 4) is 0 Å². The highest BCUT2D eigenvalue weighted by Gasteiger charge is 2.49. The van der Waals surface area contributed by atoms with Gasteiger partial charge in [0, 0.05) is 14.2 Å². The lowest BCUT2D eigenvalue weighted by Gasteiger charge is -2.18. The molecule has 1 saturated heterocycles. The number of nitrogens with zero attached hydrogens (tertiary/aromatic N) is 2. The molecule has 2 bridgehead atoms. The maximum Gasteiger partial charge on any atom is 0.341 e. The Hall–Kier alpha value is -0.490. The van der Waals surface area contributed by atoms with Crippen LogP contribution in [0.2, 0.25) is 0 Å². The van der Waals surface area contributed by atoms with Crippen molar-refractivity contribution >= 4 is 6.21 Å². The lowest BCUT2D eigenvalue weighted by Crippen LogP contribution is -2.35. The van der Waals surface area contributed by atoms with Gasteiger partial charge in [0.05, 0.1) is 6.21 Å². The van der Waals surface area contributed by atoms with E-state index >= 15 is 0 Å². The number of methoxy groups -OCH3 is 1. The van der Waals surface area contributed by atoms with Gasteiger partial charge in [0.2, 0.25) is 6.35 Å². The van der Waals surface area contributed by atoms with Crippen molar-refractivity contribution in [2.75, 3.05) is 14.2 Å². The van der Waals surface area contributed by atoms with Crippen molar-refractivity contribution in [1.29, 1.82) is 0 Å². The molecule has 5 heteroatoms. The Morgan fingerprint density at radius 1 is 1.80 bits per heavy atom. The van der Waals surface area contributed by atoms with Gasteiger partial charge in [-0.05, 0) is 0 Å². The lowest BCUT2D eigenvalue weighted by atomic mass is 10.6. The number of aliphatic imine (C=N–C) groups is 1. The smallest absolute Gasteiger partial charge is 0.325 e. The molecule has 1 fully saturated rings. The summed E-state index contributed by atoms with van der Waals surface area (Å²) in [4.78, 5) is 9.09. The zero-order valence-corrected chi connectivity index (χ0v) is 5.77. The molecule has 2 atom stereocenters. The van der Waals surface area contributed by atoms with E-state index in [2.05, 4.69) is 4.99 Å². The second-order valence-corrected chi connectivity index (χ2v) is 2.17. The van der Waals surface area contributed by atoms with E-state index in [0.717, 1.165) is 0 Å². The van der Waals surface area contributed by atoms with Crippen molar-refractivity contribution in [3.05, 3.63) is 0 Å². The Morgan fingerprint density at radius 2 is 2.60 bits per heavy atom. The minimum Gasteiger partial charge on any atom is -0.325 e. The lowest BCUT2D eigenvalue weighted by molar-refractivity contribution is -0.306. The van der Waals surface area contributed by atoms with Crippen molar-refractivity contribution in [2.45, 2.75) is 12.3 Å². The molecule has 0 aromatic heterocycles. The van der Waals surface area contributed by atoms with Gasteiger partial charge in [-0.3, -0.25) is 4.74 Å². The van der Waals surface area contributed by atoms with Crippen LogP contribution < -0.4 is 0 Å². The molecule has 0 aromatic carbocycles. The fourth-order valence-corrected chi connectivity index (χ4v) is 0.960. The van der Waals surface area contributed by atoms with Crippen molar-refractivity contribution in [2.24, 2.45) is 4.99 Å². The summed E-state index contributed by atoms with van der Waals surface area (Å²) in [5.41, 5.74) is 0. The van der Waals surface area contributed by atoms with Gasteiger partial charge in [0.25, 0.3) is 0 Å². The van der Waals surface area contributed by atoms with Crippen LogP contribution in [-0.4, -0.2) is 37.8 Å². The van der Waals surface area contributed by atoms with Crippen LogP contribution in [0.4, 0.5) is 0 Å². The summed E-state index contributed by atoms with van der Waals surface area (Å²) in [6.07, 6.45) is 1.18. The fraction of sp³-hybridized carbons (Fsp3) is 0.800. The monoisotopic (exact) mass is 144 g/mol. The van der Waals surface area contributed by atoms with Gasteiger partial charge in [0.15, 0.2) is 0 Å². The standard InChI is InChI=1S/C5H8N2O3/c1-7-4-6-3-5(8-2,9-4)10-7/h3-4H,1-2H3. The van der Waals surface area contributed by atoms with Gasteiger partial charge in [-0.25, -0.2) is 9.83 Å². The van der Waals surface area contributed by atoms with E-state index in [0.29, 0.717) is 0 Å². The normalized spacial score (nSPS) is 45.2. The molecule has 0 aromatic rings. The molecular formula is C5H8N2O3. The van der Waals surface area contributed by atoms with Crippen LogP contribution in [0, 0.1) is 0 Å². The van der Waals surface area contributed by atoms with E-state index < -0.39 is 5.97 Å². The van der Waals surface area contributed by atoms with Crippen LogP contribution in [0.15, 0.2) is 4.99 Å². The molecule has 0 radical (unpaired) electrons. The minimum absolute atomic E-state index is 0.333. The van der Waals surface area contributed by atoms with Crippen LogP contribution in [0.5, 0.6) is 0 Å². The molecule has 2 aliphatic rings. The van der Waals surface area contributed by atoms with Gasteiger partial charge in [0.1, 0.15) is 0 Å². The number of hydroxylamine groups is 2.